The number of carbonyl (C=O) groups is 2. The Kier molecular flexibility index (Phi) is 4.88. The molecule has 0 bridgehead atoms. The maximum atomic E-state index is 11.6. The summed E-state index contributed by atoms with van der Waals surface area (Å²) in [6, 6.07) is 1.97. The van der Waals surface area contributed by atoms with E-state index < -0.39 is 5.97 Å². The molecule has 6 atom stereocenters. The topological polar surface area (TPSA) is 87.4 Å². The molecule has 3 fully saturated rings. The predicted octanol–water partition coefficient (Wildman–Crippen LogP) is 4.79. The van der Waals surface area contributed by atoms with Gasteiger partial charge >= 0.3 is 11.9 Å². The molecule has 4 rings (SSSR count). The zero-order valence-corrected chi connectivity index (χ0v) is 17.7. The number of hydrogen-bond acceptors (Lipinski definition) is 4. The molecule has 4 aliphatic rings. The first-order valence-electron chi connectivity index (χ1n) is 10.9. The number of carbonyl (C=O) groups excluding carboxylic acids is 1. The summed E-state index contributed by atoms with van der Waals surface area (Å²) in [4.78, 5) is 23.0. The van der Waals surface area contributed by atoms with Crippen molar-refractivity contribution in [1.82, 2.24) is 0 Å². The second kappa shape index (κ2) is 7.00. The standard InChI is InChI=1S/C24H31NO4/c1-14(26)29-16-8-10-23(2)15(12-16)4-5-17-19-6-7-20(18(13-25)22(27)28)24(19,3)11-9-21(17)23/h4,16-17,19,21H,5-12H2,1-3H3,(H,27,28)/t16-,17-,19-,21-,23-,24-/m0/s1. The van der Waals surface area contributed by atoms with Gasteiger partial charge in [0.05, 0.1) is 0 Å². The first-order valence-corrected chi connectivity index (χ1v) is 10.9. The maximum Gasteiger partial charge on any atom is 0.346 e. The van der Waals surface area contributed by atoms with Crippen LogP contribution in [0.5, 0.6) is 0 Å². The van der Waals surface area contributed by atoms with Crippen LogP contribution in [-0.2, 0) is 14.3 Å². The molecule has 0 aliphatic heterocycles. The summed E-state index contributed by atoms with van der Waals surface area (Å²) in [6.45, 7) is 6.08. The first-order chi connectivity index (χ1) is 13.7. The van der Waals surface area contributed by atoms with Gasteiger partial charge in [0.15, 0.2) is 0 Å². The smallest absolute Gasteiger partial charge is 0.346 e. The summed E-state index contributed by atoms with van der Waals surface area (Å²) >= 11 is 0. The highest BCUT2D eigenvalue weighted by molar-refractivity contribution is 5.92. The van der Waals surface area contributed by atoms with Gasteiger partial charge in [0, 0.05) is 13.3 Å². The van der Waals surface area contributed by atoms with E-state index in [4.69, 9.17) is 4.74 Å². The van der Waals surface area contributed by atoms with E-state index in [-0.39, 0.29) is 28.5 Å². The fraction of sp³-hybridized carbons (Fsp3) is 0.708. The van der Waals surface area contributed by atoms with E-state index in [2.05, 4.69) is 19.9 Å². The second-order valence-corrected chi connectivity index (χ2v) is 10.00. The molecule has 0 saturated heterocycles. The number of hydrogen-bond donors (Lipinski definition) is 1. The van der Waals surface area contributed by atoms with Crippen molar-refractivity contribution in [2.75, 3.05) is 0 Å². The SMILES string of the molecule is CC(=O)O[C@H]1CC[C@@]2(C)C(=CC[C@@H]3[C@@H]2CC[C@]2(C)C(=C(C#N)C(=O)O)CC[C@@H]32)C1. The van der Waals surface area contributed by atoms with Gasteiger partial charge in [-0.1, -0.05) is 25.5 Å². The Hall–Kier alpha value is -2.09. The molecule has 0 spiro atoms. The minimum Gasteiger partial charge on any atom is -0.477 e. The van der Waals surface area contributed by atoms with Crippen LogP contribution in [0.1, 0.15) is 72.1 Å². The average molecular weight is 398 g/mol. The molecule has 0 aromatic rings. The third-order valence-corrected chi connectivity index (χ3v) is 8.80. The number of nitriles is 1. The lowest BCUT2D eigenvalue weighted by Crippen LogP contribution is -2.49. The van der Waals surface area contributed by atoms with Crippen molar-refractivity contribution in [3.05, 3.63) is 22.8 Å². The van der Waals surface area contributed by atoms with Crippen molar-refractivity contribution in [1.29, 1.82) is 5.26 Å². The quantitative estimate of drug-likeness (QED) is 0.313. The number of rotatable bonds is 2. The van der Waals surface area contributed by atoms with Gasteiger partial charge < -0.3 is 9.84 Å². The average Bonchev–Trinajstić information content (AvgIpc) is 2.99. The summed E-state index contributed by atoms with van der Waals surface area (Å²) in [5.41, 5.74) is 2.30. The Balaban J connectivity index is 1.63. The number of allylic oxidation sites excluding steroid dienone is 2. The molecule has 0 heterocycles. The third-order valence-electron chi connectivity index (χ3n) is 8.80. The number of nitrogens with zero attached hydrogens (tertiary/aromatic N) is 1. The van der Waals surface area contributed by atoms with Crippen molar-refractivity contribution in [3.63, 3.8) is 0 Å². The minimum atomic E-state index is -1.08. The molecule has 0 aromatic carbocycles. The van der Waals surface area contributed by atoms with Crippen LogP contribution in [0.4, 0.5) is 0 Å². The van der Waals surface area contributed by atoms with Crippen molar-refractivity contribution < 1.29 is 19.4 Å². The Labute approximate surface area is 172 Å². The van der Waals surface area contributed by atoms with Crippen molar-refractivity contribution in [2.45, 2.75) is 78.2 Å². The molecular formula is C24H31NO4. The first kappa shape index (κ1) is 20.2. The molecule has 5 nitrogen and oxygen atoms in total. The van der Waals surface area contributed by atoms with Crippen LogP contribution in [0.15, 0.2) is 22.8 Å². The summed E-state index contributed by atoms with van der Waals surface area (Å²) in [5.74, 6) is 0.304. The maximum absolute atomic E-state index is 11.6. The molecule has 5 heteroatoms. The van der Waals surface area contributed by atoms with Crippen molar-refractivity contribution >= 4 is 11.9 Å². The number of fused-ring (bicyclic) bond motifs is 5. The molecule has 0 unspecified atom stereocenters. The van der Waals surface area contributed by atoms with Gasteiger partial charge in [-0.25, -0.2) is 4.79 Å². The molecule has 29 heavy (non-hydrogen) atoms. The van der Waals surface area contributed by atoms with Crippen LogP contribution in [0, 0.1) is 39.9 Å². The van der Waals surface area contributed by atoms with Crippen molar-refractivity contribution in [2.24, 2.45) is 28.6 Å². The van der Waals surface area contributed by atoms with Crippen LogP contribution < -0.4 is 0 Å². The summed E-state index contributed by atoms with van der Waals surface area (Å²) in [6.07, 6.45) is 9.99. The highest BCUT2D eigenvalue weighted by Crippen LogP contribution is 2.66. The molecule has 4 aliphatic carbocycles. The lowest BCUT2D eigenvalue weighted by atomic mass is 9.47. The lowest BCUT2D eigenvalue weighted by molar-refractivity contribution is -0.148. The van der Waals surface area contributed by atoms with E-state index in [1.165, 1.54) is 12.5 Å². The largest absolute Gasteiger partial charge is 0.477 e. The molecular weight excluding hydrogens is 366 g/mol. The fourth-order valence-corrected chi connectivity index (χ4v) is 7.43. The molecule has 156 valence electrons. The highest BCUT2D eigenvalue weighted by Gasteiger charge is 2.58. The predicted molar refractivity (Wildman–Crippen MR) is 108 cm³/mol. The van der Waals surface area contributed by atoms with E-state index in [0.717, 1.165) is 56.9 Å². The van der Waals surface area contributed by atoms with Crippen LogP contribution in [-0.4, -0.2) is 23.1 Å². The number of esters is 1. The number of carboxylic acid groups (broad SMARTS) is 1. The minimum absolute atomic E-state index is 0.00648. The fourth-order valence-electron chi connectivity index (χ4n) is 7.43. The Morgan fingerprint density at radius 1 is 1.17 bits per heavy atom. The molecule has 1 N–H and O–H groups in total. The third kappa shape index (κ3) is 3.03. The van der Waals surface area contributed by atoms with Crippen LogP contribution in [0.25, 0.3) is 0 Å². The summed E-state index contributed by atoms with van der Waals surface area (Å²) < 4.78 is 5.51. The van der Waals surface area contributed by atoms with E-state index in [9.17, 15) is 20.0 Å². The Morgan fingerprint density at radius 2 is 1.86 bits per heavy atom. The number of ether oxygens (including phenoxy) is 1. The van der Waals surface area contributed by atoms with E-state index >= 15 is 0 Å². The highest BCUT2D eigenvalue weighted by atomic mass is 16.5. The number of carboxylic acids is 1. The number of aliphatic carboxylic acids is 1. The van der Waals surface area contributed by atoms with E-state index in [0.29, 0.717) is 17.8 Å². The Morgan fingerprint density at radius 3 is 2.52 bits per heavy atom. The zero-order chi connectivity index (χ0) is 21.0. The molecule has 0 aromatic heterocycles. The van der Waals surface area contributed by atoms with Gasteiger partial charge in [-0.05, 0) is 79.1 Å². The van der Waals surface area contributed by atoms with Gasteiger partial charge in [-0.2, -0.15) is 5.26 Å². The molecule has 0 radical (unpaired) electrons. The van der Waals surface area contributed by atoms with Crippen molar-refractivity contribution in [3.8, 4) is 6.07 Å². The molecule has 3 saturated carbocycles. The van der Waals surface area contributed by atoms with Gasteiger partial charge in [0.25, 0.3) is 0 Å². The van der Waals surface area contributed by atoms with Gasteiger partial charge in [0.1, 0.15) is 17.7 Å². The summed E-state index contributed by atoms with van der Waals surface area (Å²) in [7, 11) is 0. The zero-order valence-electron chi connectivity index (χ0n) is 17.7. The van der Waals surface area contributed by atoms with Crippen LogP contribution >= 0.6 is 0 Å². The normalized spacial score (nSPS) is 42.5. The summed E-state index contributed by atoms with van der Waals surface area (Å²) in [5, 5.41) is 19.0. The van der Waals surface area contributed by atoms with Gasteiger partial charge in [-0.15, -0.1) is 0 Å². The lowest BCUT2D eigenvalue weighted by Gasteiger charge is -2.57. The second-order valence-electron chi connectivity index (χ2n) is 10.00. The van der Waals surface area contributed by atoms with Crippen LogP contribution in [0.3, 0.4) is 0 Å². The van der Waals surface area contributed by atoms with E-state index in [1.54, 1.807) is 0 Å². The molecule has 0 amide bonds. The van der Waals surface area contributed by atoms with E-state index in [1.807, 2.05) is 6.07 Å². The monoisotopic (exact) mass is 397 g/mol. The van der Waals surface area contributed by atoms with Crippen LogP contribution in [0.2, 0.25) is 0 Å². The Bertz CT molecular complexity index is 849. The van der Waals surface area contributed by atoms with Gasteiger partial charge in [0.2, 0.25) is 0 Å². The van der Waals surface area contributed by atoms with Gasteiger partial charge in [-0.3, -0.25) is 4.79 Å².